The molecule has 0 aliphatic carbocycles. The lowest BCUT2D eigenvalue weighted by molar-refractivity contribution is 0.558. The molecule has 0 saturated carbocycles. The van der Waals surface area contributed by atoms with E-state index in [1.807, 2.05) is 45.0 Å². The fourth-order valence-electron chi connectivity index (χ4n) is 1.84. The Balaban J connectivity index is 2.62. The summed E-state index contributed by atoms with van der Waals surface area (Å²) >= 11 is 0. The van der Waals surface area contributed by atoms with Crippen molar-refractivity contribution >= 4 is 10.0 Å². The number of benzene rings is 1. The van der Waals surface area contributed by atoms with E-state index in [-0.39, 0.29) is 11.8 Å². The molecule has 0 aromatic heterocycles. The maximum Gasteiger partial charge on any atom is 0.211 e. The summed E-state index contributed by atoms with van der Waals surface area (Å²) in [6, 6.07) is 8.00. The second-order valence-corrected chi connectivity index (χ2v) is 6.34. The Bertz CT molecular complexity index is 454. The minimum atomic E-state index is -3.11. The molecule has 0 saturated heterocycles. The molecule has 1 aromatic carbocycles. The zero-order chi connectivity index (χ0) is 12.9. The topological polar surface area (TPSA) is 46.2 Å². The average molecular weight is 255 g/mol. The molecule has 1 atom stereocenters. The van der Waals surface area contributed by atoms with Crippen LogP contribution in [0.2, 0.25) is 0 Å². The number of sulfonamides is 1. The third-order valence-corrected chi connectivity index (χ3v) is 4.35. The predicted molar refractivity (Wildman–Crippen MR) is 71.6 cm³/mol. The van der Waals surface area contributed by atoms with Crippen LogP contribution in [0.5, 0.6) is 0 Å². The highest BCUT2D eigenvalue weighted by Crippen LogP contribution is 2.10. The largest absolute Gasteiger partial charge is 0.212 e. The molecule has 1 rings (SSSR count). The average Bonchev–Trinajstić information content (AvgIpc) is 2.20. The molecule has 96 valence electrons. The highest BCUT2D eigenvalue weighted by Gasteiger charge is 2.14. The molecular formula is C13H21NO2S. The molecule has 0 fully saturated rings. The highest BCUT2D eigenvalue weighted by molar-refractivity contribution is 7.89. The summed E-state index contributed by atoms with van der Waals surface area (Å²) < 4.78 is 25.9. The summed E-state index contributed by atoms with van der Waals surface area (Å²) in [5.41, 5.74) is 2.40. The lowest BCUT2D eigenvalue weighted by Crippen LogP contribution is -2.35. The summed E-state index contributed by atoms with van der Waals surface area (Å²) in [6.07, 6.45) is 1.38. The highest BCUT2D eigenvalue weighted by atomic mass is 32.2. The van der Waals surface area contributed by atoms with Gasteiger partial charge in [0.15, 0.2) is 0 Å². The van der Waals surface area contributed by atoms with Crippen LogP contribution in [-0.4, -0.2) is 20.2 Å². The van der Waals surface area contributed by atoms with Crippen molar-refractivity contribution in [3.63, 3.8) is 0 Å². The molecule has 0 bridgehead atoms. The van der Waals surface area contributed by atoms with Crippen LogP contribution in [0.4, 0.5) is 0 Å². The van der Waals surface area contributed by atoms with E-state index in [4.69, 9.17) is 0 Å². The minimum Gasteiger partial charge on any atom is -0.212 e. The second-order valence-electron chi connectivity index (χ2n) is 4.47. The monoisotopic (exact) mass is 255 g/mol. The summed E-state index contributed by atoms with van der Waals surface area (Å²) in [7, 11) is -3.11. The number of hydrogen-bond donors (Lipinski definition) is 1. The number of hydrogen-bond acceptors (Lipinski definition) is 2. The van der Waals surface area contributed by atoms with E-state index in [0.717, 1.165) is 6.42 Å². The maximum atomic E-state index is 11.6. The van der Waals surface area contributed by atoms with Crippen molar-refractivity contribution in [2.75, 3.05) is 5.75 Å². The molecule has 17 heavy (non-hydrogen) atoms. The van der Waals surface area contributed by atoms with Gasteiger partial charge in [-0.3, -0.25) is 0 Å². The van der Waals surface area contributed by atoms with Crippen molar-refractivity contribution in [3.05, 3.63) is 35.4 Å². The van der Waals surface area contributed by atoms with E-state index in [2.05, 4.69) is 4.72 Å². The Morgan fingerprint density at radius 1 is 1.29 bits per heavy atom. The fraction of sp³-hybridized carbons (Fsp3) is 0.538. The maximum absolute atomic E-state index is 11.6. The van der Waals surface area contributed by atoms with Crippen molar-refractivity contribution < 1.29 is 8.42 Å². The van der Waals surface area contributed by atoms with Gasteiger partial charge in [-0.15, -0.1) is 0 Å². The van der Waals surface area contributed by atoms with Crippen molar-refractivity contribution in [2.24, 2.45) is 0 Å². The van der Waals surface area contributed by atoms with Gasteiger partial charge in [0.25, 0.3) is 0 Å². The van der Waals surface area contributed by atoms with Crippen molar-refractivity contribution in [3.8, 4) is 0 Å². The summed E-state index contributed by atoms with van der Waals surface area (Å²) in [5, 5.41) is 0. The van der Waals surface area contributed by atoms with Gasteiger partial charge in [0, 0.05) is 6.04 Å². The molecule has 1 aromatic rings. The molecule has 0 aliphatic heterocycles. The first kappa shape index (κ1) is 14.2. The first-order valence-corrected chi connectivity index (χ1v) is 7.64. The van der Waals surface area contributed by atoms with Gasteiger partial charge in [-0.25, -0.2) is 13.1 Å². The van der Waals surface area contributed by atoms with Crippen molar-refractivity contribution in [2.45, 2.75) is 39.7 Å². The molecule has 0 aliphatic rings. The van der Waals surface area contributed by atoms with Gasteiger partial charge in [-0.05, 0) is 37.8 Å². The molecule has 3 nitrogen and oxygen atoms in total. The van der Waals surface area contributed by atoms with Gasteiger partial charge in [0.1, 0.15) is 0 Å². The SMILES string of the molecule is CCCS(=O)(=O)NC(C)Cc1ccccc1C. The van der Waals surface area contributed by atoms with Crippen LogP contribution >= 0.6 is 0 Å². The Morgan fingerprint density at radius 3 is 2.53 bits per heavy atom. The molecule has 1 N–H and O–H groups in total. The molecule has 0 heterocycles. The van der Waals surface area contributed by atoms with Crippen LogP contribution in [0.15, 0.2) is 24.3 Å². The summed E-state index contributed by atoms with van der Waals surface area (Å²) in [6.45, 7) is 5.81. The van der Waals surface area contributed by atoms with Crippen LogP contribution in [0.3, 0.4) is 0 Å². The molecule has 4 heteroatoms. The molecule has 1 unspecified atom stereocenters. The zero-order valence-corrected chi connectivity index (χ0v) is 11.5. The molecule has 0 radical (unpaired) electrons. The zero-order valence-electron chi connectivity index (χ0n) is 10.7. The van der Waals surface area contributed by atoms with Gasteiger partial charge in [0.2, 0.25) is 10.0 Å². The van der Waals surface area contributed by atoms with Crippen LogP contribution in [0, 0.1) is 6.92 Å². The first-order valence-electron chi connectivity index (χ1n) is 5.99. The van der Waals surface area contributed by atoms with Crippen LogP contribution < -0.4 is 4.72 Å². The third kappa shape index (κ3) is 4.88. The van der Waals surface area contributed by atoms with Gasteiger partial charge < -0.3 is 0 Å². The summed E-state index contributed by atoms with van der Waals surface area (Å²) in [5.74, 6) is 0.200. The van der Waals surface area contributed by atoms with Crippen LogP contribution in [0.25, 0.3) is 0 Å². The smallest absolute Gasteiger partial charge is 0.211 e. The van der Waals surface area contributed by atoms with Crippen LogP contribution in [0.1, 0.15) is 31.4 Å². The van der Waals surface area contributed by atoms with E-state index < -0.39 is 10.0 Å². The number of rotatable bonds is 6. The molecular weight excluding hydrogens is 234 g/mol. The van der Waals surface area contributed by atoms with Crippen LogP contribution in [-0.2, 0) is 16.4 Å². The van der Waals surface area contributed by atoms with E-state index in [1.165, 1.54) is 11.1 Å². The Kier molecular flexibility index (Phi) is 5.15. The van der Waals surface area contributed by atoms with Gasteiger partial charge in [0.05, 0.1) is 5.75 Å². The van der Waals surface area contributed by atoms with E-state index in [0.29, 0.717) is 6.42 Å². The Morgan fingerprint density at radius 2 is 1.94 bits per heavy atom. The lowest BCUT2D eigenvalue weighted by atomic mass is 10.0. The van der Waals surface area contributed by atoms with Crippen molar-refractivity contribution in [1.82, 2.24) is 4.72 Å². The number of aryl methyl sites for hydroxylation is 1. The normalized spacial score (nSPS) is 13.6. The van der Waals surface area contributed by atoms with Gasteiger partial charge >= 0.3 is 0 Å². The predicted octanol–water partition coefficient (Wildman–Crippen LogP) is 2.26. The molecule has 0 spiro atoms. The van der Waals surface area contributed by atoms with E-state index in [1.54, 1.807) is 0 Å². The minimum absolute atomic E-state index is 0.0624. The van der Waals surface area contributed by atoms with Crippen molar-refractivity contribution in [1.29, 1.82) is 0 Å². The third-order valence-electron chi connectivity index (χ3n) is 2.64. The number of nitrogens with one attached hydrogen (secondary N) is 1. The standard InChI is InChI=1S/C13H21NO2S/c1-4-9-17(15,16)14-12(3)10-13-8-6-5-7-11(13)2/h5-8,12,14H,4,9-10H2,1-3H3. The fourth-order valence-corrected chi connectivity index (χ4v) is 3.20. The Hall–Kier alpha value is -0.870. The first-order chi connectivity index (χ1) is 7.94. The van der Waals surface area contributed by atoms with Gasteiger partial charge in [-0.2, -0.15) is 0 Å². The summed E-state index contributed by atoms with van der Waals surface area (Å²) in [4.78, 5) is 0. The lowest BCUT2D eigenvalue weighted by Gasteiger charge is -2.15. The second kappa shape index (κ2) is 6.17. The van der Waals surface area contributed by atoms with Gasteiger partial charge in [-0.1, -0.05) is 31.2 Å². The Labute approximate surface area is 104 Å². The molecule has 0 amide bonds. The van der Waals surface area contributed by atoms with E-state index >= 15 is 0 Å². The van der Waals surface area contributed by atoms with E-state index in [9.17, 15) is 8.42 Å². The quantitative estimate of drug-likeness (QED) is 0.847.